The van der Waals surface area contributed by atoms with Crippen molar-refractivity contribution in [3.8, 4) is 0 Å². The first-order valence-electron chi connectivity index (χ1n) is 10.9. The molecule has 2 aromatic carbocycles. The summed E-state index contributed by atoms with van der Waals surface area (Å²) in [6, 6.07) is 18.1. The minimum absolute atomic E-state index is 0.135. The molecule has 0 radical (unpaired) electrons. The van der Waals surface area contributed by atoms with Gasteiger partial charge in [0.25, 0.3) is 5.91 Å². The quantitative estimate of drug-likeness (QED) is 0.597. The fraction of sp³-hybridized carbons (Fsp3) is 0.320. The highest BCUT2D eigenvalue weighted by atomic mass is 32.1. The second kappa shape index (κ2) is 8.63. The lowest BCUT2D eigenvalue weighted by atomic mass is 9.86. The maximum absolute atomic E-state index is 13.4. The molecule has 6 heteroatoms. The van der Waals surface area contributed by atoms with Gasteiger partial charge in [0.2, 0.25) is 5.91 Å². The summed E-state index contributed by atoms with van der Waals surface area (Å²) in [6.45, 7) is 0. The summed E-state index contributed by atoms with van der Waals surface area (Å²) in [5.74, 6) is -0.0540. The summed E-state index contributed by atoms with van der Waals surface area (Å²) < 4.78 is 0. The maximum Gasteiger partial charge on any atom is 0.257 e. The van der Waals surface area contributed by atoms with Gasteiger partial charge in [0.05, 0.1) is 18.2 Å². The Morgan fingerprint density at radius 2 is 1.81 bits per heavy atom. The molecule has 0 saturated heterocycles. The van der Waals surface area contributed by atoms with Crippen LogP contribution in [-0.2, 0) is 17.6 Å². The maximum atomic E-state index is 13.4. The zero-order valence-corrected chi connectivity index (χ0v) is 18.1. The van der Waals surface area contributed by atoms with Gasteiger partial charge in [-0.3, -0.25) is 14.9 Å². The smallest absolute Gasteiger partial charge is 0.257 e. The highest BCUT2D eigenvalue weighted by molar-refractivity contribution is 7.14. The van der Waals surface area contributed by atoms with E-state index in [2.05, 4.69) is 39.5 Å². The molecule has 1 fully saturated rings. The SMILES string of the molecule is O=C(Nc1nc(CC(=O)N(C2CC2)C2CCCc3ccccc32)cs1)c1ccccc1. The van der Waals surface area contributed by atoms with Crippen LogP contribution in [0.1, 0.15) is 58.9 Å². The van der Waals surface area contributed by atoms with Crippen molar-refractivity contribution in [1.82, 2.24) is 9.88 Å². The van der Waals surface area contributed by atoms with Crippen molar-refractivity contribution in [2.24, 2.45) is 0 Å². The van der Waals surface area contributed by atoms with Crippen LogP contribution in [0.5, 0.6) is 0 Å². The highest BCUT2D eigenvalue weighted by Crippen LogP contribution is 2.41. The Morgan fingerprint density at radius 1 is 1.03 bits per heavy atom. The third kappa shape index (κ3) is 4.39. The van der Waals surface area contributed by atoms with Crippen LogP contribution in [0.2, 0.25) is 0 Å². The topological polar surface area (TPSA) is 62.3 Å². The van der Waals surface area contributed by atoms with Crippen LogP contribution in [-0.4, -0.2) is 27.7 Å². The van der Waals surface area contributed by atoms with Crippen LogP contribution in [0.15, 0.2) is 60.0 Å². The Balaban J connectivity index is 1.29. The standard InChI is InChI=1S/C25H25N3O2S/c29-23(15-19-16-31-25(26-19)27-24(30)18-8-2-1-3-9-18)28(20-13-14-20)22-12-6-10-17-7-4-5-11-21(17)22/h1-5,7-9,11,16,20,22H,6,10,12-15H2,(H,26,27,30). The number of rotatable bonds is 6. The largest absolute Gasteiger partial charge is 0.332 e. The van der Waals surface area contributed by atoms with E-state index in [9.17, 15) is 9.59 Å². The molecule has 31 heavy (non-hydrogen) atoms. The van der Waals surface area contributed by atoms with Crippen molar-refractivity contribution in [1.29, 1.82) is 0 Å². The number of aryl methyl sites for hydroxylation is 1. The molecule has 2 aliphatic carbocycles. The van der Waals surface area contributed by atoms with Gasteiger partial charge in [0.1, 0.15) is 0 Å². The zero-order valence-electron chi connectivity index (χ0n) is 17.3. The van der Waals surface area contributed by atoms with Crippen LogP contribution in [0.4, 0.5) is 5.13 Å². The summed E-state index contributed by atoms with van der Waals surface area (Å²) in [6.07, 6.45) is 5.67. The lowest BCUT2D eigenvalue weighted by molar-refractivity contribution is -0.134. The Kier molecular flexibility index (Phi) is 5.55. The Labute approximate surface area is 186 Å². The molecule has 2 amide bonds. The van der Waals surface area contributed by atoms with Crippen LogP contribution in [0.3, 0.4) is 0 Å². The molecule has 1 saturated carbocycles. The van der Waals surface area contributed by atoms with Crippen molar-refractivity contribution in [3.05, 3.63) is 82.4 Å². The van der Waals surface area contributed by atoms with Crippen LogP contribution >= 0.6 is 11.3 Å². The number of nitrogens with zero attached hydrogens (tertiary/aromatic N) is 2. The first-order valence-corrected chi connectivity index (χ1v) is 11.8. The second-order valence-corrected chi connectivity index (χ2v) is 9.14. The molecular weight excluding hydrogens is 406 g/mol. The molecule has 1 aromatic heterocycles. The van der Waals surface area contributed by atoms with E-state index >= 15 is 0 Å². The molecule has 0 bridgehead atoms. The summed E-state index contributed by atoms with van der Waals surface area (Å²) >= 11 is 1.36. The van der Waals surface area contributed by atoms with Gasteiger partial charge in [-0.2, -0.15) is 0 Å². The van der Waals surface area contributed by atoms with Crippen molar-refractivity contribution < 1.29 is 9.59 Å². The van der Waals surface area contributed by atoms with E-state index in [1.54, 1.807) is 12.1 Å². The third-order valence-electron chi connectivity index (χ3n) is 6.04. The number of aromatic nitrogens is 1. The summed E-state index contributed by atoms with van der Waals surface area (Å²) in [7, 11) is 0. The average Bonchev–Trinajstić information content (AvgIpc) is 3.54. The number of thiazole rings is 1. The molecule has 1 unspecified atom stereocenters. The average molecular weight is 432 g/mol. The lowest BCUT2D eigenvalue weighted by Crippen LogP contribution is -2.39. The van der Waals surface area contributed by atoms with Crippen LogP contribution in [0.25, 0.3) is 0 Å². The molecule has 1 heterocycles. The predicted molar refractivity (Wildman–Crippen MR) is 122 cm³/mol. The van der Waals surface area contributed by atoms with Crippen molar-refractivity contribution in [2.45, 2.75) is 50.6 Å². The first-order chi connectivity index (χ1) is 15.2. The summed E-state index contributed by atoms with van der Waals surface area (Å²) in [4.78, 5) is 32.3. The Bertz CT molecular complexity index is 1090. The fourth-order valence-electron chi connectivity index (χ4n) is 4.45. The number of carbonyl (C=O) groups is 2. The number of benzene rings is 2. The van der Waals surface area contributed by atoms with Crippen LogP contribution < -0.4 is 5.32 Å². The monoisotopic (exact) mass is 431 g/mol. The van der Waals surface area contributed by atoms with Crippen molar-refractivity contribution >= 4 is 28.3 Å². The van der Waals surface area contributed by atoms with Gasteiger partial charge >= 0.3 is 0 Å². The van der Waals surface area contributed by atoms with E-state index in [0.29, 0.717) is 22.4 Å². The minimum atomic E-state index is -0.189. The van der Waals surface area contributed by atoms with Gasteiger partial charge < -0.3 is 4.90 Å². The van der Waals surface area contributed by atoms with E-state index in [4.69, 9.17) is 0 Å². The van der Waals surface area contributed by atoms with E-state index < -0.39 is 0 Å². The fourth-order valence-corrected chi connectivity index (χ4v) is 5.16. The molecular formula is C25H25N3O2S. The van der Waals surface area contributed by atoms with Gasteiger partial charge in [0, 0.05) is 17.0 Å². The molecule has 0 spiro atoms. The normalized spacial score (nSPS) is 17.6. The minimum Gasteiger partial charge on any atom is -0.332 e. The molecule has 2 aliphatic rings. The van der Waals surface area contributed by atoms with Crippen molar-refractivity contribution in [3.63, 3.8) is 0 Å². The Hall–Kier alpha value is -2.99. The lowest BCUT2D eigenvalue weighted by Gasteiger charge is -2.36. The van der Waals surface area contributed by atoms with Crippen molar-refractivity contribution in [2.75, 3.05) is 5.32 Å². The Morgan fingerprint density at radius 3 is 2.61 bits per heavy atom. The number of nitrogens with one attached hydrogen (secondary N) is 1. The molecule has 1 atom stereocenters. The summed E-state index contributed by atoms with van der Waals surface area (Å²) in [5.41, 5.74) is 3.99. The highest BCUT2D eigenvalue weighted by Gasteiger charge is 2.39. The third-order valence-corrected chi connectivity index (χ3v) is 6.85. The molecule has 3 aromatic rings. The molecule has 1 N–H and O–H groups in total. The molecule has 158 valence electrons. The van der Waals surface area contributed by atoms with E-state index in [1.807, 2.05) is 23.6 Å². The van der Waals surface area contributed by atoms with Gasteiger partial charge in [-0.15, -0.1) is 11.3 Å². The van der Waals surface area contributed by atoms with E-state index in [-0.39, 0.29) is 24.3 Å². The molecule has 0 aliphatic heterocycles. The molecule has 5 nitrogen and oxygen atoms in total. The summed E-state index contributed by atoms with van der Waals surface area (Å²) in [5, 5.41) is 5.24. The zero-order chi connectivity index (χ0) is 21.2. The number of anilines is 1. The number of hydrogen-bond acceptors (Lipinski definition) is 4. The van der Waals surface area contributed by atoms with Crippen LogP contribution in [0, 0.1) is 0 Å². The number of hydrogen-bond donors (Lipinski definition) is 1. The number of fused-ring (bicyclic) bond motifs is 1. The number of carbonyl (C=O) groups excluding carboxylic acids is 2. The van der Waals surface area contributed by atoms with Gasteiger partial charge in [-0.1, -0.05) is 42.5 Å². The molecule has 5 rings (SSSR count). The van der Waals surface area contributed by atoms with Gasteiger partial charge in [0.15, 0.2) is 5.13 Å². The van der Waals surface area contributed by atoms with E-state index in [1.165, 1.54) is 22.5 Å². The second-order valence-electron chi connectivity index (χ2n) is 8.28. The predicted octanol–water partition coefficient (Wildman–Crippen LogP) is 5.01. The van der Waals surface area contributed by atoms with Gasteiger partial charge in [-0.05, 0) is 55.4 Å². The first kappa shape index (κ1) is 19.9. The van der Waals surface area contributed by atoms with Gasteiger partial charge in [-0.25, -0.2) is 4.98 Å². The number of amides is 2. The van der Waals surface area contributed by atoms with E-state index in [0.717, 1.165) is 32.1 Å².